The zero-order valence-electron chi connectivity index (χ0n) is 19.2. The summed E-state index contributed by atoms with van der Waals surface area (Å²) in [6, 6.07) is 7.60. The second-order valence-corrected chi connectivity index (χ2v) is 8.53. The second-order valence-electron chi connectivity index (χ2n) is 7.53. The van der Waals surface area contributed by atoms with E-state index in [9.17, 15) is 14.4 Å². The topological polar surface area (TPSA) is 109 Å². The van der Waals surface area contributed by atoms with Crippen molar-refractivity contribution in [3.05, 3.63) is 78.4 Å². The van der Waals surface area contributed by atoms with E-state index >= 15 is 0 Å². The third-order valence-corrected chi connectivity index (χ3v) is 6.20. The van der Waals surface area contributed by atoms with Crippen molar-refractivity contribution in [3.63, 3.8) is 0 Å². The van der Waals surface area contributed by atoms with Crippen LogP contribution in [0.3, 0.4) is 0 Å². The molecular weight excluding hydrogens is 460 g/mol. The first kappa shape index (κ1) is 23.2. The number of carbonyl (C=O) groups excluding carboxylic acids is 2. The molecule has 0 saturated heterocycles. The van der Waals surface area contributed by atoms with E-state index in [1.807, 2.05) is 13.0 Å². The minimum absolute atomic E-state index is 0.220. The van der Waals surface area contributed by atoms with Crippen molar-refractivity contribution in [1.82, 2.24) is 4.57 Å². The number of allylic oxidation sites excluding steroid dienone is 1. The third-order valence-electron chi connectivity index (χ3n) is 5.22. The average molecular weight is 483 g/mol. The molecule has 0 bridgehead atoms. The Morgan fingerprint density at radius 1 is 1.15 bits per heavy atom. The Morgan fingerprint density at radius 2 is 1.91 bits per heavy atom. The number of hydrogen-bond donors (Lipinski definition) is 0. The molecule has 34 heavy (non-hydrogen) atoms. The maximum Gasteiger partial charge on any atom is 0.338 e. The lowest BCUT2D eigenvalue weighted by Gasteiger charge is -2.25. The highest BCUT2D eigenvalue weighted by atomic mass is 32.1. The van der Waals surface area contributed by atoms with E-state index in [0.717, 1.165) is 5.76 Å². The fourth-order valence-corrected chi connectivity index (χ4v) is 4.79. The number of methoxy groups -OCH3 is 2. The highest BCUT2D eigenvalue weighted by Crippen LogP contribution is 2.36. The minimum Gasteiger partial charge on any atom is -0.493 e. The number of thiazole rings is 1. The number of hydrogen-bond acceptors (Lipinski definition) is 9. The minimum atomic E-state index is -0.829. The fraction of sp³-hybridized carbons (Fsp3) is 0.250. The predicted octanol–water partition coefficient (Wildman–Crippen LogP) is 2.24. The quantitative estimate of drug-likeness (QED) is 0.405. The van der Waals surface area contributed by atoms with E-state index in [1.165, 1.54) is 37.0 Å². The van der Waals surface area contributed by atoms with E-state index in [4.69, 9.17) is 18.6 Å². The lowest BCUT2D eigenvalue weighted by Crippen LogP contribution is -2.39. The Balaban J connectivity index is 1.96. The van der Waals surface area contributed by atoms with Crippen LogP contribution in [0.1, 0.15) is 37.0 Å². The number of rotatable bonds is 5. The van der Waals surface area contributed by atoms with Gasteiger partial charge in [-0.3, -0.25) is 14.2 Å². The second kappa shape index (κ2) is 9.14. The molecule has 0 fully saturated rings. The van der Waals surface area contributed by atoms with Crippen molar-refractivity contribution in [3.8, 4) is 11.5 Å². The van der Waals surface area contributed by atoms with E-state index in [0.29, 0.717) is 26.4 Å². The number of benzene rings is 1. The van der Waals surface area contributed by atoms with Crippen LogP contribution in [-0.4, -0.2) is 30.7 Å². The van der Waals surface area contributed by atoms with Crippen molar-refractivity contribution in [1.29, 1.82) is 0 Å². The Kier molecular flexibility index (Phi) is 6.25. The fourth-order valence-electron chi connectivity index (χ4n) is 3.76. The van der Waals surface area contributed by atoms with E-state index in [2.05, 4.69) is 4.99 Å². The highest BCUT2D eigenvalue weighted by Gasteiger charge is 2.33. The van der Waals surface area contributed by atoms with Crippen LogP contribution in [-0.2, 0) is 14.3 Å². The Labute approximate surface area is 198 Å². The molecule has 176 valence electrons. The molecule has 4 rings (SSSR count). The number of furan rings is 1. The zero-order valence-corrected chi connectivity index (χ0v) is 20.0. The van der Waals surface area contributed by atoms with Gasteiger partial charge >= 0.3 is 11.9 Å². The summed E-state index contributed by atoms with van der Waals surface area (Å²) < 4.78 is 23.0. The monoisotopic (exact) mass is 482 g/mol. The number of aromatic nitrogens is 1. The maximum absolute atomic E-state index is 13.5. The number of ether oxygens (including phenoxy) is 3. The number of aryl methyl sites for hydroxylation is 1. The van der Waals surface area contributed by atoms with E-state index in [1.54, 1.807) is 37.3 Å². The Hall–Kier alpha value is -3.92. The van der Waals surface area contributed by atoms with Gasteiger partial charge in [-0.05, 0) is 43.7 Å². The van der Waals surface area contributed by atoms with Gasteiger partial charge in [-0.15, -0.1) is 0 Å². The summed E-state index contributed by atoms with van der Waals surface area (Å²) in [5.41, 5.74) is 0.878. The molecule has 1 aliphatic rings. The first-order valence-electron chi connectivity index (χ1n) is 10.3. The summed E-state index contributed by atoms with van der Waals surface area (Å²) in [5, 5.41) is 0. The number of fused-ring (bicyclic) bond motifs is 1. The largest absolute Gasteiger partial charge is 0.493 e. The average Bonchev–Trinajstić information content (AvgIpc) is 3.34. The molecule has 3 aromatic rings. The summed E-state index contributed by atoms with van der Waals surface area (Å²) in [5.74, 6) is 0.652. The van der Waals surface area contributed by atoms with Gasteiger partial charge in [0.15, 0.2) is 16.3 Å². The van der Waals surface area contributed by atoms with Crippen molar-refractivity contribution >= 4 is 29.4 Å². The first-order chi connectivity index (χ1) is 16.2. The third kappa shape index (κ3) is 4.19. The zero-order chi connectivity index (χ0) is 24.6. The van der Waals surface area contributed by atoms with Crippen LogP contribution in [0.25, 0.3) is 6.08 Å². The van der Waals surface area contributed by atoms with Crippen LogP contribution >= 0.6 is 11.3 Å². The molecule has 10 heteroatoms. The summed E-state index contributed by atoms with van der Waals surface area (Å²) in [4.78, 5) is 42.7. The normalized spacial score (nSPS) is 15.6. The van der Waals surface area contributed by atoms with Crippen LogP contribution in [0.4, 0.5) is 0 Å². The number of esters is 2. The molecule has 0 saturated carbocycles. The maximum atomic E-state index is 13.5. The van der Waals surface area contributed by atoms with Gasteiger partial charge in [0.1, 0.15) is 11.5 Å². The van der Waals surface area contributed by atoms with Gasteiger partial charge in [0, 0.05) is 13.0 Å². The molecule has 0 aliphatic carbocycles. The predicted molar refractivity (Wildman–Crippen MR) is 124 cm³/mol. The molecule has 2 aromatic heterocycles. The summed E-state index contributed by atoms with van der Waals surface area (Å²) >= 11 is 1.19. The number of nitrogens with zero attached hydrogens (tertiary/aromatic N) is 2. The molecule has 0 N–H and O–H groups in total. The molecule has 0 spiro atoms. The summed E-state index contributed by atoms with van der Waals surface area (Å²) in [6.07, 6.45) is 1.65. The van der Waals surface area contributed by atoms with E-state index in [-0.39, 0.29) is 22.6 Å². The molecule has 1 aliphatic heterocycles. The van der Waals surface area contributed by atoms with Crippen LogP contribution in [0, 0.1) is 6.92 Å². The number of carbonyl (C=O) groups is 2. The molecule has 1 unspecified atom stereocenters. The lowest BCUT2D eigenvalue weighted by atomic mass is 9.95. The molecule has 1 atom stereocenters. The van der Waals surface area contributed by atoms with Gasteiger partial charge in [-0.2, -0.15) is 0 Å². The summed E-state index contributed by atoms with van der Waals surface area (Å²) in [6.45, 7) is 4.79. The first-order valence-corrected chi connectivity index (χ1v) is 11.1. The van der Waals surface area contributed by atoms with Crippen LogP contribution in [0.5, 0.6) is 11.5 Å². The molecule has 3 heterocycles. The summed E-state index contributed by atoms with van der Waals surface area (Å²) in [7, 11) is 2.71. The van der Waals surface area contributed by atoms with Crippen LogP contribution < -0.4 is 24.4 Å². The van der Waals surface area contributed by atoms with Gasteiger partial charge in [-0.1, -0.05) is 17.4 Å². The van der Waals surface area contributed by atoms with Gasteiger partial charge in [0.05, 0.1) is 36.1 Å². The molecular formula is C24H22N2O7S. The van der Waals surface area contributed by atoms with Crippen molar-refractivity contribution in [2.24, 2.45) is 4.99 Å². The molecule has 0 radical (unpaired) electrons. The van der Waals surface area contributed by atoms with Crippen LogP contribution in [0.2, 0.25) is 0 Å². The van der Waals surface area contributed by atoms with E-state index < -0.39 is 18.0 Å². The smallest absolute Gasteiger partial charge is 0.338 e. The van der Waals surface area contributed by atoms with Gasteiger partial charge in [-0.25, -0.2) is 9.79 Å². The molecule has 0 amide bonds. The molecule has 9 nitrogen and oxygen atoms in total. The van der Waals surface area contributed by atoms with Crippen LogP contribution in [0.15, 0.2) is 55.8 Å². The standard InChI is InChI=1S/C24H22N2O7S/c1-12-6-8-16(32-12)11-19-22(28)26-21(20(23(29)31-5)13(2)25-24(26)34-19)15-7-9-17(33-14(3)27)18(10-15)30-4/h6-11,21H,1-5H3. The van der Waals surface area contributed by atoms with Gasteiger partial charge in [0.25, 0.3) is 5.56 Å². The van der Waals surface area contributed by atoms with Gasteiger partial charge < -0.3 is 18.6 Å². The lowest BCUT2D eigenvalue weighted by molar-refractivity contribution is -0.136. The van der Waals surface area contributed by atoms with Crippen molar-refractivity contribution in [2.75, 3.05) is 14.2 Å². The highest BCUT2D eigenvalue weighted by molar-refractivity contribution is 7.07. The van der Waals surface area contributed by atoms with Gasteiger partial charge in [0.2, 0.25) is 0 Å². The Morgan fingerprint density at radius 3 is 2.53 bits per heavy atom. The van der Waals surface area contributed by atoms with Crippen molar-refractivity contribution in [2.45, 2.75) is 26.8 Å². The SMILES string of the molecule is COC(=O)C1=C(C)N=c2sc(=Cc3ccc(C)o3)c(=O)n2C1c1ccc(OC(C)=O)c(OC)c1. The Bertz CT molecular complexity index is 1510. The molecule has 1 aromatic carbocycles. The van der Waals surface area contributed by atoms with Crippen molar-refractivity contribution < 1.29 is 28.2 Å².